The average molecular weight is 478 g/mol. The van der Waals surface area contributed by atoms with Crippen molar-refractivity contribution in [3.8, 4) is 22.6 Å². The highest BCUT2D eigenvalue weighted by Gasteiger charge is 2.23. The number of benzene rings is 2. The molecule has 2 heterocycles. The van der Waals surface area contributed by atoms with Crippen molar-refractivity contribution in [2.45, 2.75) is 0 Å². The first-order chi connectivity index (χ1) is 17.0. The van der Waals surface area contributed by atoms with E-state index in [1.807, 2.05) is 31.3 Å². The van der Waals surface area contributed by atoms with Crippen LogP contribution in [-0.2, 0) is 4.74 Å². The lowest BCUT2D eigenvalue weighted by molar-refractivity contribution is 0.0596. The third-order valence-corrected chi connectivity index (χ3v) is 5.67. The number of aromatic nitrogens is 2. The van der Waals surface area contributed by atoms with Crippen LogP contribution in [0, 0.1) is 0 Å². The molecule has 1 aromatic heterocycles. The number of rotatable bonds is 6. The Hall–Kier alpha value is -4.18. The second kappa shape index (κ2) is 10.8. The Labute approximate surface area is 203 Å². The molecule has 35 heavy (non-hydrogen) atoms. The summed E-state index contributed by atoms with van der Waals surface area (Å²) in [5.41, 5.74) is 2.47. The third-order valence-electron chi connectivity index (χ3n) is 5.67. The fourth-order valence-corrected chi connectivity index (χ4v) is 3.57. The molecule has 1 N–H and O–H groups in total. The number of anilines is 2. The Kier molecular flexibility index (Phi) is 7.41. The zero-order valence-electron chi connectivity index (χ0n) is 19.9. The smallest absolute Gasteiger partial charge is 0.415 e. The van der Waals surface area contributed by atoms with Crippen molar-refractivity contribution in [2.75, 3.05) is 52.8 Å². The highest BCUT2D eigenvalue weighted by molar-refractivity contribution is 5.94. The van der Waals surface area contributed by atoms with Crippen molar-refractivity contribution >= 4 is 23.7 Å². The van der Waals surface area contributed by atoms with Crippen LogP contribution in [0.5, 0.6) is 11.5 Å². The van der Waals surface area contributed by atoms with Gasteiger partial charge in [-0.1, -0.05) is 12.1 Å². The fourth-order valence-electron chi connectivity index (χ4n) is 3.57. The Morgan fingerprint density at radius 1 is 0.914 bits per heavy atom. The van der Waals surface area contributed by atoms with Crippen LogP contribution in [0.2, 0.25) is 0 Å². The van der Waals surface area contributed by atoms with Gasteiger partial charge in [-0.3, -0.25) is 0 Å². The van der Waals surface area contributed by atoms with Crippen LogP contribution in [0.3, 0.4) is 0 Å². The van der Waals surface area contributed by atoms with E-state index < -0.39 is 12.1 Å². The molecule has 182 valence electrons. The first-order valence-corrected chi connectivity index (χ1v) is 11.1. The van der Waals surface area contributed by atoms with Crippen molar-refractivity contribution in [1.82, 2.24) is 19.8 Å². The van der Waals surface area contributed by atoms with Crippen molar-refractivity contribution in [3.05, 3.63) is 60.4 Å². The SMILES string of the molecule is COC(=O)c1cc(Nc2ncc(-c3ccc(OC)cc3)cn2)ccc1OC(=O)N1CCN(C)CC1. The van der Waals surface area contributed by atoms with Crippen LogP contribution in [0.25, 0.3) is 11.1 Å². The summed E-state index contributed by atoms with van der Waals surface area (Å²) in [6.45, 7) is 2.65. The molecule has 10 nitrogen and oxygen atoms in total. The summed E-state index contributed by atoms with van der Waals surface area (Å²) in [7, 11) is 4.89. The Balaban J connectivity index is 1.48. The molecule has 0 radical (unpaired) electrons. The fraction of sp³-hybridized carbons (Fsp3) is 0.280. The molecule has 3 aromatic rings. The first-order valence-electron chi connectivity index (χ1n) is 11.1. The predicted octanol–water partition coefficient (Wildman–Crippen LogP) is 3.43. The number of carbonyl (C=O) groups is 2. The largest absolute Gasteiger partial charge is 0.497 e. The topological polar surface area (TPSA) is 106 Å². The van der Waals surface area contributed by atoms with Gasteiger partial charge in [0.15, 0.2) is 0 Å². The van der Waals surface area contributed by atoms with Crippen LogP contribution in [-0.4, -0.2) is 79.3 Å². The summed E-state index contributed by atoms with van der Waals surface area (Å²) in [5, 5.41) is 3.06. The molecule has 2 aromatic carbocycles. The number of carbonyl (C=O) groups excluding carboxylic acids is 2. The molecule has 1 aliphatic heterocycles. The highest BCUT2D eigenvalue weighted by Crippen LogP contribution is 2.27. The second-order valence-corrected chi connectivity index (χ2v) is 8.01. The number of amides is 1. The minimum atomic E-state index is -0.620. The molecule has 0 bridgehead atoms. The van der Waals surface area contributed by atoms with Gasteiger partial charge in [0, 0.05) is 49.8 Å². The Morgan fingerprint density at radius 3 is 2.23 bits per heavy atom. The van der Waals surface area contributed by atoms with Gasteiger partial charge in [0.05, 0.1) is 14.2 Å². The molecule has 0 atom stereocenters. The molecular formula is C25H27N5O5. The van der Waals surface area contributed by atoms with E-state index in [1.54, 1.807) is 42.6 Å². The molecule has 1 saturated heterocycles. The van der Waals surface area contributed by atoms with Crippen LogP contribution in [0.1, 0.15) is 10.4 Å². The molecule has 0 unspecified atom stereocenters. The summed E-state index contributed by atoms with van der Waals surface area (Å²) in [5.74, 6) is 0.625. The number of methoxy groups -OCH3 is 2. The molecule has 0 spiro atoms. The summed E-state index contributed by atoms with van der Waals surface area (Å²) < 4.78 is 15.6. The summed E-state index contributed by atoms with van der Waals surface area (Å²) in [4.78, 5) is 37.4. The monoisotopic (exact) mass is 477 g/mol. The average Bonchev–Trinajstić information content (AvgIpc) is 2.90. The number of nitrogens with zero attached hydrogens (tertiary/aromatic N) is 4. The zero-order chi connectivity index (χ0) is 24.8. The van der Waals surface area contributed by atoms with Gasteiger partial charge in [0.2, 0.25) is 5.95 Å². The van der Waals surface area contributed by atoms with E-state index in [9.17, 15) is 9.59 Å². The Morgan fingerprint density at radius 2 is 1.60 bits per heavy atom. The van der Waals surface area contributed by atoms with Gasteiger partial charge in [-0.2, -0.15) is 0 Å². The van der Waals surface area contributed by atoms with Crippen molar-refractivity contribution in [1.29, 1.82) is 0 Å². The van der Waals surface area contributed by atoms with Gasteiger partial charge < -0.3 is 29.3 Å². The van der Waals surface area contributed by atoms with Gasteiger partial charge in [-0.15, -0.1) is 0 Å². The van der Waals surface area contributed by atoms with Crippen molar-refractivity contribution in [2.24, 2.45) is 0 Å². The van der Waals surface area contributed by atoms with E-state index in [2.05, 4.69) is 20.2 Å². The first kappa shape index (κ1) is 24.0. The summed E-state index contributed by atoms with van der Waals surface area (Å²) >= 11 is 0. The third kappa shape index (κ3) is 5.85. The summed E-state index contributed by atoms with van der Waals surface area (Å²) in [6.07, 6.45) is 2.90. The maximum absolute atomic E-state index is 12.6. The minimum absolute atomic E-state index is 0.120. The molecule has 0 saturated carbocycles. The lowest BCUT2D eigenvalue weighted by atomic mass is 10.1. The number of esters is 1. The quantitative estimate of drug-likeness (QED) is 0.535. The van der Waals surface area contributed by atoms with Crippen LogP contribution in [0.15, 0.2) is 54.9 Å². The van der Waals surface area contributed by atoms with Gasteiger partial charge >= 0.3 is 12.1 Å². The van der Waals surface area contributed by atoms with E-state index in [0.717, 1.165) is 30.0 Å². The number of hydrogen-bond donors (Lipinski definition) is 1. The molecule has 1 aliphatic rings. The number of ether oxygens (including phenoxy) is 3. The number of piperazine rings is 1. The summed E-state index contributed by atoms with van der Waals surface area (Å²) in [6, 6.07) is 12.4. The molecule has 1 fully saturated rings. The lowest BCUT2D eigenvalue weighted by Gasteiger charge is -2.31. The molecular weight excluding hydrogens is 450 g/mol. The van der Waals surface area contributed by atoms with Crippen LogP contribution >= 0.6 is 0 Å². The highest BCUT2D eigenvalue weighted by atomic mass is 16.6. The van der Waals surface area contributed by atoms with Crippen LogP contribution in [0.4, 0.5) is 16.4 Å². The molecule has 10 heteroatoms. The van der Waals surface area contributed by atoms with Crippen molar-refractivity contribution in [3.63, 3.8) is 0 Å². The normalized spacial score (nSPS) is 13.7. The maximum Gasteiger partial charge on any atom is 0.415 e. The molecule has 0 aliphatic carbocycles. The molecule has 4 rings (SSSR count). The molecule has 1 amide bonds. The van der Waals surface area contributed by atoms with Gasteiger partial charge in [0.25, 0.3) is 0 Å². The number of likely N-dealkylation sites (N-methyl/N-ethyl adjacent to an activating group) is 1. The maximum atomic E-state index is 12.6. The van der Waals surface area contributed by atoms with Crippen molar-refractivity contribution < 1.29 is 23.8 Å². The van der Waals surface area contributed by atoms with Crippen LogP contribution < -0.4 is 14.8 Å². The van der Waals surface area contributed by atoms with E-state index >= 15 is 0 Å². The van der Waals surface area contributed by atoms with Gasteiger partial charge in [-0.05, 0) is 42.9 Å². The van der Waals surface area contributed by atoms with E-state index in [4.69, 9.17) is 14.2 Å². The standard InChI is InChI=1S/C25H27N5O5/c1-29-10-12-30(13-11-29)25(32)35-22-9-6-19(14-21(22)23(31)34-3)28-24-26-15-18(16-27-24)17-4-7-20(33-2)8-5-17/h4-9,14-16H,10-13H2,1-3H3,(H,26,27,28). The number of nitrogens with one attached hydrogen (secondary N) is 1. The predicted molar refractivity (Wildman–Crippen MR) is 130 cm³/mol. The second-order valence-electron chi connectivity index (χ2n) is 8.01. The zero-order valence-corrected chi connectivity index (χ0v) is 19.9. The minimum Gasteiger partial charge on any atom is -0.497 e. The number of hydrogen-bond acceptors (Lipinski definition) is 9. The Bertz CT molecular complexity index is 1180. The van der Waals surface area contributed by atoms with Gasteiger partial charge in [0.1, 0.15) is 17.1 Å². The van der Waals surface area contributed by atoms with E-state index in [1.165, 1.54) is 7.11 Å². The van der Waals surface area contributed by atoms with E-state index in [0.29, 0.717) is 24.7 Å². The van der Waals surface area contributed by atoms with E-state index in [-0.39, 0.29) is 11.3 Å². The lowest BCUT2D eigenvalue weighted by Crippen LogP contribution is -2.48. The van der Waals surface area contributed by atoms with Gasteiger partial charge in [-0.25, -0.2) is 19.6 Å².